The molecule has 0 saturated carbocycles. The third kappa shape index (κ3) is 3.96. The average Bonchev–Trinajstić information content (AvgIpc) is 3.04. The van der Waals surface area contributed by atoms with E-state index in [1.54, 1.807) is 0 Å². The smallest absolute Gasteiger partial charge is 0.261 e. The Balaban J connectivity index is 1.65. The molecule has 0 radical (unpaired) electrons. The molecule has 0 spiro atoms. The summed E-state index contributed by atoms with van der Waals surface area (Å²) >= 11 is 6.85. The molecule has 1 atom stereocenters. The minimum absolute atomic E-state index is 0.0335. The predicted octanol–water partition coefficient (Wildman–Crippen LogP) is 4.95. The number of carbonyl (C=O) groups is 1. The highest BCUT2D eigenvalue weighted by Crippen LogP contribution is 2.32. The summed E-state index contributed by atoms with van der Waals surface area (Å²) in [5, 5.41) is 0. The molecule has 1 unspecified atom stereocenters. The van der Waals surface area contributed by atoms with Crippen molar-refractivity contribution < 1.29 is 9.53 Å². The van der Waals surface area contributed by atoms with E-state index in [-0.39, 0.29) is 18.6 Å². The van der Waals surface area contributed by atoms with E-state index in [0.717, 1.165) is 28.3 Å². The van der Waals surface area contributed by atoms with E-state index in [1.807, 2.05) is 41.3 Å². The molecular formula is C18H17Br2NO2. The van der Waals surface area contributed by atoms with Gasteiger partial charge in [-0.1, -0.05) is 46.3 Å². The Morgan fingerprint density at radius 3 is 2.70 bits per heavy atom. The zero-order valence-corrected chi connectivity index (χ0v) is 15.7. The Kier molecular flexibility index (Phi) is 5.38. The van der Waals surface area contributed by atoms with Crippen LogP contribution >= 0.6 is 31.9 Å². The number of halogens is 2. The number of rotatable bonds is 4. The molecule has 2 aromatic carbocycles. The fraction of sp³-hybridized carbons (Fsp3) is 0.278. The fourth-order valence-corrected chi connectivity index (χ4v) is 4.06. The molecule has 1 fully saturated rings. The molecule has 0 N–H and O–H groups in total. The summed E-state index contributed by atoms with van der Waals surface area (Å²) in [4.78, 5) is 14.5. The van der Waals surface area contributed by atoms with E-state index in [0.29, 0.717) is 5.75 Å². The first-order chi connectivity index (χ1) is 11.1. The minimum Gasteiger partial charge on any atom is -0.483 e. The van der Waals surface area contributed by atoms with Crippen molar-refractivity contribution in [1.82, 2.24) is 4.90 Å². The van der Waals surface area contributed by atoms with Gasteiger partial charge in [-0.25, -0.2) is 0 Å². The first kappa shape index (κ1) is 16.5. The minimum atomic E-state index is 0.0335. The van der Waals surface area contributed by atoms with Crippen LogP contribution in [0, 0.1) is 0 Å². The van der Waals surface area contributed by atoms with Crippen molar-refractivity contribution in [2.45, 2.75) is 18.9 Å². The molecule has 0 aliphatic carbocycles. The molecule has 23 heavy (non-hydrogen) atoms. The highest BCUT2D eigenvalue weighted by Gasteiger charge is 2.29. The molecule has 1 saturated heterocycles. The number of hydrogen-bond donors (Lipinski definition) is 0. The van der Waals surface area contributed by atoms with Crippen LogP contribution in [-0.2, 0) is 4.79 Å². The van der Waals surface area contributed by atoms with Crippen LogP contribution in [0.4, 0.5) is 0 Å². The first-order valence-electron chi connectivity index (χ1n) is 7.57. The summed E-state index contributed by atoms with van der Waals surface area (Å²) in [7, 11) is 0. The number of amides is 1. The number of ether oxygens (including phenoxy) is 1. The molecule has 3 nitrogen and oxygen atoms in total. The molecule has 5 heteroatoms. The topological polar surface area (TPSA) is 29.5 Å². The fourth-order valence-electron chi connectivity index (χ4n) is 2.90. The van der Waals surface area contributed by atoms with Crippen LogP contribution in [0.2, 0.25) is 0 Å². The zero-order chi connectivity index (χ0) is 16.2. The second-order valence-corrected chi connectivity index (χ2v) is 7.29. The molecule has 3 rings (SSSR count). The van der Waals surface area contributed by atoms with Crippen LogP contribution in [0.1, 0.15) is 24.4 Å². The average molecular weight is 439 g/mol. The highest BCUT2D eigenvalue weighted by atomic mass is 79.9. The Labute approximate surface area is 152 Å². The van der Waals surface area contributed by atoms with Gasteiger partial charge in [0.05, 0.1) is 10.5 Å². The molecule has 1 aliphatic rings. The number of likely N-dealkylation sites (tertiary alicyclic amines) is 1. The lowest BCUT2D eigenvalue weighted by Crippen LogP contribution is -2.34. The summed E-state index contributed by atoms with van der Waals surface area (Å²) in [6, 6.07) is 16.0. The van der Waals surface area contributed by atoms with Gasteiger partial charge in [0, 0.05) is 11.0 Å². The normalized spacial score (nSPS) is 17.3. The Bertz CT molecular complexity index is 691. The second-order valence-electron chi connectivity index (χ2n) is 5.52. The van der Waals surface area contributed by atoms with Crippen molar-refractivity contribution in [2.24, 2.45) is 0 Å². The van der Waals surface area contributed by atoms with Gasteiger partial charge in [-0.05, 0) is 52.5 Å². The number of nitrogens with zero attached hydrogens (tertiary/aromatic N) is 1. The molecule has 0 aromatic heterocycles. The lowest BCUT2D eigenvalue weighted by molar-refractivity contribution is -0.134. The Morgan fingerprint density at radius 1 is 1.17 bits per heavy atom. The number of benzene rings is 2. The van der Waals surface area contributed by atoms with Crippen LogP contribution in [0.5, 0.6) is 5.75 Å². The summed E-state index contributed by atoms with van der Waals surface area (Å²) < 4.78 is 7.49. The summed E-state index contributed by atoms with van der Waals surface area (Å²) in [5.74, 6) is 0.711. The van der Waals surface area contributed by atoms with E-state index in [9.17, 15) is 4.79 Å². The van der Waals surface area contributed by atoms with Crippen molar-refractivity contribution in [2.75, 3.05) is 13.2 Å². The van der Waals surface area contributed by atoms with Crippen molar-refractivity contribution >= 4 is 37.8 Å². The Hall–Kier alpha value is -1.33. The van der Waals surface area contributed by atoms with Gasteiger partial charge in [-0.3, -0.25) is 4.79 Å². The highest BCUT2D eigenvalue weighted by molar-refractivity contribution is 9.11. The maximum atomic E-state index is 12.6. The monoisotopic (exact) mass is 437 g/mol. The van der Waals surface area contributed by atoms with Crippen LogP contribution in [0.15, 0.2) is 57.5 Å². The van der Waals surface area contributed by atoms with E-state index < -0.39 is 0 Å². The summed E-state index contributed by atoms with van der Waals surface area (Å²) in [6.07, 6.45) is 2.05. The van der Waals surface area contributed by atoms with E-state index >= 15 is 0 Å². The zero-order valence-electron chi connectivity index (χ0n) is 12.5. The number of carbonyl (C=O) groups excluding carboxylic acids is 1. The lowest BCUT2D eigenvalue weighted by Gasteiger charge is -2.25. The van der Waals surface area contributed by atoms with Crippen molar-refractivity contribution in [3.63, 3.8) is 0 Å². The third-order valence-electron chi connectivity index (χ3n) is 4.00. The van der Waals surface area contributed by atoms with Gasteiger partial charge in [0.15, 0.2) is 6.61 Å². The third-order valence-corrected chi connectivity index (χ3v) is 5.12. The van der Waals surface area contributed by atoms with Gasteiger partial charge < -0.3 is 9.64 Å². The standard InChI is InChI=1S/C18H17Br2NO2/c19-14-8-9-17(15(20)11-14)23-12-18(22)21-10-4-7-16(21)13-5-2-1-3-6-13/h1-3,5-6,8-9,11,16H,4,7,10,12H2. The van der Waals surface area contributed by atoms with Crippen LogP contribution < -0.4 is 4.74 Å². The maximum Gasteiger partial charge on any atom is 0.261 e. The maximum absolute atomic E-state index is 12.6. The molecular weight excluding hydrogens is 422 g/mol. The summed E-state index contributed by atoms with van der Waals surface area (Å²) in [6.45, 7) is 0.854. The molecule has 0 bridgehead atoms. The quantitative estimate of drug-likeness (QED) is 0.675. The molecule has 1 heterocycles. The van der Waals surface area contributed by atoms with E-state index in [2.05, 4.69) is 44.0 Å². The van der Waals surface area contributed by atoms with Gasteiger partial charge in [0.1, 0.15) is 5.75 Å². The van der Waals surface area contributed by atoms with Gasteiger partial charge in [0.2, 0.25) is 0 Å². The van der Waals surface area contributed by atoms with Gasteiger partial charge in [-0.15, -0.1) is 0 Å². The van der Waals surface area contributed by atoms with E-state index in [1.165, 1.54) is 5.56 Å². The first-order valence-corrected chi connectivity index (χ1v) is 9.16. The SMILES string of the molecule is O=C(COc1ccc(Br)cc1Br)N1CCCC1c1ccccc1. The van der Waals surface area contributed by atoms with Crippen LogP contribution in [-0.4, -0.2) is 24.0 Å². The lowest BCUT2D eigenvalue weighted by atomic mass is 10.0. The van der Waals surface area contributed by atoms with Gasteiger partial charge in [0.25, 0.3) is 5.91 Å². The molecule has 2 aromatic rings. The van der Waals surface area contributed by atoms with E-state index in [4.69, 9.17) is 4.74 Å². The Morgan fingerprint density at radius 2 is 1.96 bits per heavy atom. The molecule has 1 amide bonds. The molecule has 1 aliphatic heterocycles. The van der Waals surface area contributed by atoms with Gasteiger partial charge >= 0.3 is 0 Å². The van der Waals surface area contributed by atoms with Crippen LogP contribution in [0.25, 0.3) is 0 Å². The van der Waals surface area contributed by atoms with Crippen LogP contribution in [0.3, 0.4) is 0 Å². The summed E-state index contributed by atoms with van der Waals surface area (Å²) in [5.41, 5.74) is 1.20. The van der Waals surface area contributed by atoms with Crippen molar-refractivity contribution in [1.29, 1.82) is 0 Å². The predicted molar refractivity (Wildman–Crippen MR) is 97.5 cm³/mol. The second kappa shape index (κ2) is 7.49. The van der Waals surface area contributed by atoms with Gasteiger partial charge in [-0.2, -0.15) is 0 Å². The van der Waals surface area contributed by atoms with Crippen molar-refractivity contribution in [3.05, 3.63) is 63.0 Å². The largest absolute Gasteiger partial charge is 0.483 e. The number of hydrogen-bond acceptors (Lipinski definition) is 2. The molecule has 120 valence electrons. The van der Waals surface area contributed by atoms with Crippen molar-refractivity contribution in [3.8, 4) is 5.75 Å².